The molecule has 0 spiro atoms. The molecule has 0 aliphatic carbocycles. The number of ether oxygens (including phenoxy) is 1. The fraction of sp³-hybridized carbons (Fsp3) is 0.778. The van der Waals surface area contributed by atoms with Crippen LogP contribution in [-0.4, -0.2) is 62.3 Å². The van der Waals surface area contributed by atoms with Crippen LogP contribution in [0.1, 0.15) is 6.42 Å². The van der Waals surface area contributed by atoms with E-state index < -0.39 is 12.6 Å². The van der Waals surface area contributed by atoms with Crippen LogP contribution in [0.3, 0.4) is 0 Å². The lowest BCUT2D eigenvalue weighted by Gasteiger charge is -2.09. The smallest absolute Gasteiger partial charge is 0.329 e. The first-order chi connectivity index (χ1) is 7.02. The molecule has 0 heterocycles. The number of nitrogens with one attached hydrogen (secondary N) is 1. The van der Waals surface area contributed by atoms with Gasteiger partial charge in [-0.2, -0.15) is 0 Å². The number of carboxylic acid groups (broad SMARTS) is 1. The van der Waals surface area contributed by atoms with Gasteiger partial charge in [0.1, 0.15) is 13.2 Å². The molecule has 15 heavy (non-hydrogen) atoms. The van der Waals surface area contributed by atoms with E-state index in [1.165, 1.54) is 0 Å². The summed E-state index contributed by atoms with van der Waals surface area (Å²) in [5.41, 5.74) is 0. The average Bonchev–Trinajstić information content (AvgIpc) is 2.11. The lowest BCUT2D eigenvalue weighted by molar-refractivity contribution is -0.143. The minimum absolute atomic E-state index is 0.200. The molecule has 0 saturated heterocycles. The highest BCUT2D eigenvalue weighted by atomic mass is 16.5. The van der Waals surface area contributed by atoms with Gasteiger partial charge in [0.05, 0.1) is 0 Å². The number of hydrogen-bond acceptors (Lipinski definition) is 4. The maximum atomic E-state index is 11.0. The summed E-state index contributed by atoms with van der Waals surface area (Å²) in [5, 5.41) is 10.9. The maximum absolute atomic E-state index is 11.0. The molecule has 0 rings (SSSR count). The highest BCUT2D eigenvalue weighted by molar-refractivity contribution is 5.77. The van der Waals surface area contributed by atoms with E-state index in [1.807, 2.05) is 19.0 Å². The fourth-order valence-electron chi connectivity index (χ4n) is 0.905. The Hall–Kier alpha value is -1.14. The molecular weight excluding hydrogens is 200 g/mol. The molecule has 0 aromatic carbocycles. The van der Waals surface area contributed by atoms with Crippen molar-refractivity contribution >= 4 is 11.9 Å². The van der Waals surface area contributed by atoms with Crippen LogP contribution >= 0.6 is 0 Å². The monoisotopic (exact) mass is 218 g/mol. The lowest BCUT2D eigenvalue weighted by Crippen LogP contribution is -2.30. The van der Waals surface area contributed by atoms with Crippen LogP contribution in [0.2, 0.25) is 0 Å². The number of carbonyl (C=O) groups excluding carboxylic acids is 1. The highest BCUT2D eigenvalue weighted by Crippen LogP contribution is 1.81. The Bertz CT molecular complexity index is 206. The number of amides is 1. The van der Waals surface area contributed by atoms with Crippen LogP contribution in [-0.2, 0) is 14.3 Å². The van der Waals surface area contributed by atoms with Gasteiger partial charge in [0.15, 0.2) is 0 Å². The van der Waals surface area contributed by atoms with Gasteiger partial charge in [0, 0.05) is 6.54 Å². The Labute approximate surface area is 89.2 Å². The molecule has 0 aromatic heterocycles. The highest BCUT2D eigenvalue weighted by Gasteiger charge is 2.02. The minimum atomic E-state index is -1.07. The molecule has 0 bridgehead atoms. The Morgan fingerprint density at radius 1 is 1.33 bits per heavy atom. The van der Waals surface area contributed by atoms with Gasteiger partial charge in [-0.05, 0) is 27.1 Å². The van der Waals surface area contributed by atoms with Crippen molar-refractivity contribution in [1.82, 2.24) is 10.2 Å². The first-order valence-electron chi connectivity index (χ1n) is 4.73. The SMILES string of the molecule is CN(C)CCCNC(=O)COCC(=O)O. The van der Waals surface area contributed by atoms with Gasteiger partial charge in [-0.15, -0.1) is 0 Å². The Morgan fingerprint density at radius 3 is 2.53 bits per heavy atom. The number of carboxylic acids is 1. The molecule has 0 radical (unpaired) electrons. The third kappa shape index (κ3) is 10.8. The standard InChI is InChI=1S/C9H18N2O4/c1-11(2)5-3-4-10-8(12)6-15-7-9(13)14/h3-7H2,1-2H3,(H,10,12)(H,13,14). The second-order valence-electron chi connectivity index (χ2n) is 3.39. The zero-order valence-corrected chi connectivity index (χ0v) is 9.15. The van der Waals surface area contributed by atoms with Gasteiger partial charge in [-0.1, -0.05) is 0 Å². The molecule has 0 atom stereocenters. The first kappa shape index (κ1) is 13.9. The normalized spacial score (nSPS) is 10.3. The first-order valence-corrected chi connectivity index (χ1v) is 4.73. The van der Waals surface area contributed by atoms with Gasteiger partial charge in [0.2, 0.25) is 5.91 Å². The van der Waals surface area contributed by atoms with Crippen molar-refractivity contribution in [2.75, 3.05) is 40.4 Å². The molecule has 2 N–H and O–H groups in total. The van der Waals surface area contributed by atoms with Crippen LogP contribution in [0.4, 0.5) is 0 Å². The van der Waals surface area contributed by atoms with Crippen molar-refractivity contribution < 1.29 is 19.4 Å². The number of hydrogen-bond donors (Lipinski definition) is 2. The predicted molar refractivity (Wildman–Crippen MR) is 54.6 cm³/mol. The summed E-state index contributed by atoms with van der Waals surface area (Å²) in [5.74, 6) is -1.36. The Kier molecular flexibility index (Phi) is 7.57. The van der Waals surface area contributed by atoms with Crippen molar-refractivity contribution in [3.05, 3.63) is 0 Å². The molecule has 88 valence electrons. The van der Waals surface area contributed by atoms with E-state index in [2.05, 4.69) is 10.1 Å². The fourth-order valence-corrected chi connectivity index (χ4v) is 0.905. The molecular formula is C9H18N2O4. The van der Waals surface area contributed by atoms with Crippen molar-refractivity contribution in [2.45, 2.75) is 6.42 Å². The zero-order chi connectivity index (χ0) is 11.7. The van der Waals surface area contributed by atoms with Gasteiger partial charge in [0.25, 0.3) is 0 Å². The molecule has 6 nitrogen and oxygen atoms in total. The van der Waals surface area contributed by atoms with Crippen molar-refractivity contribution in [1.29, 1.82) is 0 Å². The average molecular weight is 218 g/mol. The quantitative estimate of drug-likeness (QED) is 0.519. The van der Waals surface area contributed by atoms with E-state index in [0.29, 0.717) is 6.54 Å². The van der Waals surface area contributed by atoms with E-state index in [0.717, 1.165) is 13.0 Å². The summed E-state index contributed by atoms with van der Waals surface area (Å²) < 4.78 is 4.61. The van der Waals surface area contributed by atoms with E-state index >= 15 is 0 Å². The van der Waals surface area contributed by atoms with Crippen LogP contribution in [0, 0.1) is 0 Å². The van der Waals surface area contributed by atoms with E-state index in [9.17, 15) is 9.59 Å². The largest absolute Gasteiger partial charge is 0.480 e. The van der Waals surface area contributed by atoms with Gasteiger partial charge in [-0.3, -0.25) is 4.79 Å². The summed E-state index contributed by atoms with van der Waals surface area (Å²) in [6.45, 7) is 0.836. The molecule has 0 aliphatic rings. The third-order valence-electron chi connectivity index (χ3n) is 1.56. The van der Waals surface area contributed by atoms with Crippen LogP contribution in [0.5, 0.6) is 0 Å². The Balaban J connectivity index is 3.30. The van der Waals surface area contributed by atoms with Crippen molar-refractivity contribution in [3.8, 4) is 0 Å². The molecule has 0 aromatic rings. The van der Waals surface area contributed by atoms with E-state index in [-0.39, 0.29) is 12.5 Å². The second-order valence-corrected chi connectivity index (χ2v) is 3.39. The van der Waals surface area contributed by atoms with E-state index in [1.54, 1.807) is 0 Å². The maximum Gasteiger partial charge on any atom is 0.329 e. The minimum Gasteiger partial charge on any atom is -0.480 e. The predicted octanol–water partition coefficient (Wildman–Crippen LogP) is -0.844. The molecule has 0 fully saturated rings. The van der Waals surface area contributed by atoms with Crippen molar-refractivity contribution in [3.63, 3.8) is 0 Å². The molecule has 0 unspecified atom stereocenters. The third-order valence-corrected chi connectivity index (χ3v) is 1.56. The van der Waals surface area contributed by atoms with Gasteiger partial charge in [-0.25, -0.2) is 4.79 Å². The number of carbonyl (C=O) groups is 2. The molecule has 6 heteroatoms. The summed E-state index contributed by atoms with van der Waals surface area (Å²) in [4.78, 5) is 23.1. The number of nitrogens with zero attached hydrogens (tertiary/aromatic N) is 1. The van der Waals surface area contributed by atoms with Crippen molar-refractivity contribution in [2.24, 2.45) is 0 Å². The summed E-state index contributed by atoms with van der Waals surface area (Å²) in [6.07, 6.45) is 0.859. The number of aliphatic carboxylic acids is 1. The van der Waals surface area contributed by atoms with Crippen LogP contribution in [0.15, 0.2) is 0 Å². The molecule has 1 amide bonds. The van der Waals surface area contributed by atoms with E-state index in [4.69, 9.17) is 5.11 Å². The summed E-state index contributed by atoms with van der Waals surface area (Å²) in [6, 6.07) is 0. The lowest BCUT2D eigenvalue weighted by atomic mass is 10.4. The number of rotatable bonds is 8. The summed E-state index contributed by atoms with van der Waals surface area (Å²) >= 11 is 0. The molecule has 0 saturated carbocycles. The summed E-state index contributed by atoms with van der Waals surface area (Å²) in [7, 11) is 3.91. The molecule has 0 aliphatic heterocycles. The van der Waals surface area contributed by atoms with Gasteiger partial charge >= 0.3 is 5.97 Å². The topological polar surface area (TPSA) is 78.9 Å². The van der Waals surface area contributed by atoms with Crippen LogP contribution < -0.4 is 5.32 Å². The Morgan fingerprint density at radius 2 is 2.00 bits per heavy atom. The second kappa shape index (κ2) is 8.19. The zero-order valence-electron chi connectivity index (χ0n) is 9.15. The van der Waals surface area contributed by atoms with Gasteiger partial charge < -0.3 is 20.1 Å². The van der Waals surface area contributed by atoms with Crippen LogP contribution in [0.25, 0.3) is 0 Å².